The summed E-state index contributed by atoms with van der Waals surface area (Å²) in [6.45, 7) is 3.77. The highest BCUT2D eigenvalue weighted by Crippen LogP contribution is 2.19. The summed E-state index contributed by atoms with van der Waals surface area (Å²) in [4.78, 5) is 31.9. The second-order valence-corrected chi connectivity index (χ2v) is 11.9. The Morgan fingerprint density at radius 3 is 1.58 bits per heavy atom. The smallest absolute Gasteiger partial charge is 0.323 e. The minimum atomic E-state index is -0.232. The predicted octanol–water partition coefficient (Wildman–Crippen LogP) is 3.13. The van der Waals surface area contributed by atoms with Gasteiger partial charge in [-0.25, -0.2) is 9.78 Å². The quantitative estimate of drug-likeness (QED) is 0.392. The van der Waals surface area contributed by atoms with E-state index in [0.29, 0.717) is 62.0 Å². The summed E-state index contributed by atoms with van der Waals surface area (Å²) in [5, 5.41) is 10.9. The predicted molar refractivity (Wildman–Crippen MR) is 153 cm³/mol. The third kappa shape index (κ3) is 6.96. The highest BCUT2D eigenvalue weighted by atomic mass is 16.2. The molecule has 2 aromatic rings. The van der Waals surface area contributed by atoms with Gasteiger partial charge in [0, 0.05) is 57.4 Å². The molecule has 0 unspecified atom stereocenters. The van der Waals surface area contributed by atoms with E-state index in [1.807, 2.05) is 4.57 Å². The maximum absolute atomic E-state index is 13.7. The van der Waals surface area contributed by atoms with Crippen LogP contribution in [0, 0.1) is 0 Å². The van der Waals surface area contributed by atoms with Crippen molar-refractivity contribution in [2.24, 2.45) is 0 Å². The summed E-state index contributed by atoms with van der Waals surface area (Å²) in [7, 11) is 0. The normalized spacial score (nSPS) is 20.4. The zero-order valence-electron chi connectivity index (χ0n) is 23.3. The van der Waals surface area contributed by atoms with Crippen molar-refractivity contribution in [3.05, 3.63) is 27.2 Å². The van der Waals surface area contributed by atoms with Gasteiger partial charge in [0.25, 0.3) is 5.56 Å². The number of rotatable bonds is 12. The van der Waals surface area contributed by atoms with Gasteiger partial charge in [-0.2, -0.15) is 0 Å². The van der Waals surface area contributed by atoms with Crippen LogP contribution in [-0.2, 0) is 19.6 Å². The molecule has 0 spiro atoms. The lowest BCUT2D eigenvalue weighted by Gasteiger charge is -2.24. The molecular formula is C29H49N7O2. The van der Waals surface area contributed by atoms with Gasteiger partial charge in [-0.15, -0.1) is 0 Å². The molecule has 212 valence electrons. The number of nitrogens with one attached hydrogen (secondary N) is 3. The molecule has 3 saturated carbocycles. The lowest BCUT2D eigenvalue weighted by Crippen LogP contribution is -2.45. The number of fused-ring (bicyclic) bond motifs is 1. The van der Waals surface area contributed by atoms with Gasteiger partial charge in [0.1, 0.15) is 0 Å². The van der Waals surface area contributed by atoms with Crippen LogP contribution in [-0.4, -0.2) is 56.4 Å². The first-order valence-corrected chi connectivity index (χ1v) is 15.6. The van der Waals surface area contributed by atoms with Crippen molar-refractivity contribution in [3.8, 4) is 0 Å². The van der Waals surface area contributed by atoms with Gasteiger partial charge in [-0.05, 0) is 38.5 Å². The summed E-state index contributed by atoms with van der Waals surface area (Å²) < 4.78 is 5.15. The van der Waals surface area contributed by atoms with E-state index in [1.54, 1.807) is 10.9 Å². The van der Waals surface area contributed by atoms with Crippen LogP contribution in [0.25, 0.3) is 11.2 Å². The van der Waals surface area contributed by atoms with Gasteiger partial charge in [-0.3, -0.25) is 13.9 Å². The SMILES string of the molecule is O=c1c2c(ncn2CCNC2CCCCC2)n(CCNC2CCCCC2)c(=O)n1CCNC1CCCCC1. The second kappa shape index (κ2) is 13.9. The molecule has 38 heavy (non-hydrogen) atoms. The Hall–Kier alpha value is -1.97. The first-order chi connectivity index (χ1) is 18.7. The van der Waals surface area contributed by atoms with Crippen LogP contribution in [0.1, 0.15) is 96.3 Å². The third-order valence-electron chi connectivity index (χ3n) is 9.12. The van der Waals surface area contributed by atoms with Gasteiger partial charge < -0.3 is 20.5 Å². The highest BCUT2D eigenvalue weighted by molar-refractivity contribution is 5.70. The summed E-state index contributed by atoms with van der Waals surface area (Å²) in [6, 6.07) is 1.61. The van der Waals surface area contributed by atoms with Crippen LogP contribution in [0.4, 0.5) is 0 Å². The maximum atomic E-state index is 13.7. The van der Waals surface area contributed by atoms with Crippen LogP contribution in [0.3, 0.4) is 0 Å². The van der Waals surface area contributed by atoms with Gasteiger partial charge in [0.2, 0.25) is 0 Å². The molecule has 3 aliphatic rings. The van der Waals surface area contributed by atoms with E-state index >= 15 is 0 Å². The molecule has 3 fully saturated rings. The van der Waals surface area contributed by atoms with Crippen molar-refractivity contribution in [3.63, 3.8) is 0 Å². The average molecular weight is 528 g/mol. The fourth-order valence-corrected chi connectivity index (χ4v) is 6.88. The minimum absolute atomic E-state index is 0.206. The molecule has 2 heterocycles. The molecule has 0 aliphatic heterocycles. The number of imidazole rings is 1. The molecule has 9 heteroatoms. The zero-order chi connectivity index (χ0) is 26.2. The first kappa shape index (κ1) is 27.6. The molecule has 3 N–H and O–H groups in total. The number of hydrogen-bond acceptors (Lipinski definition) is 6. The summed E-state index contributed by atoms with van der Waals surface area (Å²) >= 11 is 0. The Balaban J connectivity index is 1.32. The molecule has 3 aliphatic carbocycles. The van der Waals surface area contributed by atoms with E-state index in [1.165, 1.54) is 101 Å². The molecule has 0 aromatic carbocycles. The summed E-state index contributed by atoms with van der Waals surface area (Å²) in [5.74, 6) is 0. The Labute approximate surface area is 226 Å². The van der Waals surface area contributed by atoms with Gasteiger partial charge in [0.15, 0.2) is 11.2 Å². The lowest BCUT2D eigenvalue weighted by atomic mass is 9.95. The Morgan fingerprint density at radius 2 is 1.08 bits per heavy atom. The number of hydrogen-bond donors (Lipinski definition) is 3. The molecule has 0 amide bonds. The van der Waals surface area contributed by atoms with E-state index in [0.717, 1.165) is 6.54 Å². The van der Waals surface area contributed by atoms with E-state index in [4.69, 9.17) is 0 Å². The molecule has 0 bridgehead atoms. The molecule has 0 radical (unpaired) electrons. The fourth-order valence-electron chi connectivity index (χ4n) is 6.88. The van der Waals surface area contributed by atoms with Crippen molar-refractivity contribution >= 4 is 11.2 Å². The van der Waals surface area contributed by atoms with Crippen molar-refractivity contribution in [2.75, 3.05) is 19.6 Å². The standard InChI is InChI=1S/C29H49N7O2/c37-28-26-27(33-22-34(26)19-16-30-23-10-4-1-5-11-23)35(20-17-31-24-12-6-2-7-13-24)29(38)36(28)21-18-32-25-14-8-3-9-15-25/h22-25,30-32H,1-21H2. The van der Waals surface area contributed by atoms with Crippen LogP contribution in [0.2, 0.25) is 0 Å². The molecule has 9 nitrogen and oxygen atoms in total. The van der Waals surface area contributed by atoms with E-state index in [2.05, 4.69) is 20.9 Å². The van der Waals surface area contributed by atoms with Gasteiger partial charge >= 0.3 is 5.69 Å². The van der Waals surface area contributed by atoms with E-state index < -0.39 is 0 Å². The average Bonchev–Trinajstić information content (AvgIpc) is 3.38. The summed E-state index contributed by atoms with van der Waals surface area (Å²) in [5.41, 5.74) is 0.649. The largest absolute Gasteiger partial charge is 0.332 e. The minimum Gasteiger partial charge on any atom is -0.323 e. The molecule has 0 atom stereocenters. The van der Waals surface area contributed by atoms with Gasteiger partial charge in [-0.1, -0.05) is 57.8 Å². The lowest BCUT2D eigenvalue weighted by molar-refractivity contribution is 0.360. The van der Waals surface area contributed by atoms with Crippen molar-refractivity contribution < 1.29 is 0 Å². The van der Waals surface area contributed by atoms with Gasteiger partial charge in [0.05, 0.1) is 6.33 Å². The van der Waals surface area contributed by atoms with Crippen LogP contribution in [0.5, 0.6) is 0 Å². The van der Waals surface area contributed by atoms with Crippen molar-refractivity contribution in [1.29, 1.82) is 0 Å². The van der Waals surface area contributed by atoms with Crippen LogP contribution >= 0.6 is 0 Å². The Morgan fingerprint density at radius 1 is 0.632 bits per heavy atom. The second-order valence-electron chi connectivity index (χ2n) is 11.9. The Kier molecular flexibility index (Phi) is 10.1. The Bertz CT molecular complexity index is 1120. The molecule has 2 aromatic heterocycles. The first-order valence-electron chi connectivity index (χ1n) is 15.6. The molecule has 5 rings (SSSR count). The van der Waals surface area contributed by atoms with Crippen molar-refractivity contribution in [2.45, 2.75) is 134 Å². The highest BCUT2D eigenvalue weighted by Gasteiger charge is 2.20. The topological polar surface area (TPSA) is 97.9 Å². The van der Waals surface area contributed by atoms with Crippen molar-refractivity contribution in [1.82, 2.24) is 34.6 Å². The molecular weight excluding hydrogens is 478 g/mol. The summed E-state index contributed by atoms with van der Waals surface area (Å²) in [6.07, 6.45) is 20.7. The monoisotopic (exact) mass is 527 g/mol. The maximum Gasteiger partial charge on any atom is 0.332 e. The fraction of sp³-hybridized carbons (Fsp3) is 0.828. The van der Waals surface area contributed by atoms with Crippen LogP contribution < -0.4 is 27.2 Å². The third-order valence-corrected chi connectivity index (χ3v) is 9.12. The molecule has 0 saturated heterocycles. The van der Waals surface area contributed by atoms with E-state index in [-0.39, 0.29) is 11.2 Å². The number of nitrogens with zero attached hydrogens (tertiary/aromatic N) is 4. The zero-order valence-corrected chi connectivity index (χ0v) is 23.3. The van der Waals surface area contributed by atoms with E-state index in [9.17, 15) is 9.59 Å². The number of aromatic nitrogens is 4. The van der Waals surface area contributed by atoms with Crippen LogP contribution in [0.15, 0.2) is 15.9 Å².